The Balaban J connectivity index is 1.56. The van der Waals surface area contributed by atoms with E-state index in [-0.39, 0.29) is 35.8 Å². The van der Waals surface area contributed by atoms with Gasteiger partial charge in [-0.3, -0.25) is 4.79 Å². The Kier molecular flexibility index (Phi) is 10.7. The van der Waals surface area contributed by atoms with Crippen LogP contribution < -0.4 is 10.6 Å². The standard InChI is InChI=1S/C29H35ClN2O7/c1-17(2)39-29(37)31-16-19-6-10-21(11-7-19)26(33)32-25(28(36)38-3)14-18-4-8-20(9-5-18)23-13-12-22(27(34)35)15-24(23)30/h4-5,8-9,12-13,15,17,19,21,25H,6-7,10-11,14,16H2,1-3H3,(H,31,37)(H,32,33)(H,34,35)/t19?,21?,25-/m0/s1. The number of ether oxygens (including phenoxy) is 2. The first-order chi connectivity index (χ1) is 18.6. The number of aromatic carboxylic acids is 1. The van der Waals surface area contributed by atoms with Crippen molar-refractivity contribution in [2.45, 2.75) is 58.1 Å². The van der Waals surface area contributed by atoms with Crippen LogP contribution in [0.2, 0.25) is 5.02 Å². The minimum atomic E-state index is -1.05. The molecule has 210 valence electrons. The number of amides is 2. The van der Waals surface area contributed by atoms with Gasteiger partial charge in [0, 0.05) is 29.5 Å². The first-order valence-corrected chi connectivity index (χ1v) is 13.4. The summed E-state index contributed by atoms with van der Waals surface area (Å²) < 4.78 is 10.0. The summed E-state index contributed by atoms with van der Waals surface area (Å²) in [4.78, 5) is 48.3. The maximum atomic E-state index is 13.0. The zero-order valence-corrected chi connectivity index (χ0v) is 23.1. The van der Waals surface area contributed by atoms with Crippen molar-refractivity contribution in [3.05, 3.63) is 58.6 Å². The van der Waals surface area contributed by atoms with Crippen molar-refractivity contribution >= 4 is 35.5 Å². The zero-order valence-electron chi connectivity index (χ0n) is 22.4. The number of hydrogen-bond donors (Lipinski definition) is 3. The highest BCUT2D eigenvalue weighted by Crippen LogP contribution is 2.30. The van der Waals surface area contributed by atoms with Crippen molar-refractivity contribution in [1.82, 2.24) is 10.6 Å². The summed E-state index contributed by atoms with van der Waals surface area (Å²) in [5, 5.41) is 15.1. The molecule has 1 aliphatic carbocycles. The first-order valence-electron chi connectivity index (χ1n) is 13.0. The molecule has 9 nitrogen and oxygen atoms in total. The van der Waals surface area contributed by atoms with Crippen LogP contribution in [0.5, 0.6) is 0 Å². The lowest BCUT2D eigenvalue weighted by molar-refractivity contribution is -0.145. The van der Waals surface area contributed by atoms with Crippen LogP contribution in [0, 0.1) is 11.8 Å². The number of carbonyl (C=O) groups is 4. The number of benzene rings is 2. The minimum Gasteiger partial charge on any atom is -0.478 e. The van der Waals surface area contributed by atoms with E-state index in [1.165, 1.54) is 19.2 Å². The van der Waals surface area contributed by atoms with Crippen LogP contribution >= 0.6 is 11.6 Å². The second kappa shape index (κ2) is 14.0. The van der Waals surface area contributed by atoms with E-state index >= 15 is 0 Å². The second-order valence-electron chi connectivity index (χ2n) is 10.0. The molecule has 10 heteroatoms. The topological polar surface area (TPSA) is 131 Å². The quantitative estimate of drug-likeness (QED) is 0.355. The number of rotatable bonds is 10. The molecule has 39 heavy (non-hydrogen) atoms. The van der Waals surface area contributed by atoms with Crippen LogP contribution in [0.15, 0.2) is 42.5 Å². The molecule has 3 rings (SSSR count). The van der Waals surface area contributed by atoms with E-state index < -0.39 is 24.1 Å². The van der Waals surface area contributed by atoms with E-state index in [4.69, 9.17) is 26.2 Å². The molecule has 0 spiro atoms. The molecule has 1 atom stereocenters. The van der Waals surface area contributed by atoms with E-state index in [1.807, 2.05) is 24.3 Å². The van der Waals surface area contributed by atoms with Crippen LogP contribution in [-0.4, -0.2) is 54.8 Å². The molecule has 3 N–H and O–H groups in total. The van der Waals surface area contributed by atoms with Crippen molar-refractivity contribution in [3.8, 4) is 11.1 Å². The molecule has 2 aromatic carbocycles. The molecule has 0 unspecified atom stereocenters. The third kappa shape index (κ3) is 8.71. The van der Waals surface area contributed by atoms with Gasteiger partial charge in [0.2, 0.25) is 5.91 Å². The molecule has 0 saturated heterocycles. The summed E-state index contributed by atoms with van der Waals surface area (Å²) >= 11 is 6.29. The summed E-state index contributed by atoms with van der Waals surface area (Å²) in [5.41, 5.74) is 2.40. The lowest BCUT2D eigenvalue weighted by Crippen LogP contribution is -2.46. The summed E-state index contributed by atoms with van der Waals surface area (Å²) in [6, 6.07) is 11.0. The third-order valence-corrected chi connectivity index (χ3v) is 7.13. The summed E-state index contributed by atoms with van der Waals surface area (Å²) in [6.07, 6.45) is 2.56. The summed E-state index contributed by atoms with van der Waals surface area (Å²) in [5.74, 6) is -1.70. The van der Waals surface area contributed by atoms with Gasteiger partial charge in [0.05, 0.1) is 18.8 Å². The summed E-state index contributed by atoms with van der Waals surface area (Å²) in [6.45, 7) is 4.09. The van der Waals surface area contributed by atoms with Crippen LogP contribution in [0.3, 0.4) is 0 Å². The average Bonchev–Trinajstić information content (AvgIpc) is 2.91. The number of carboxylic acids is 1. The fourth-order valence-electron chi connectivity index (χ4n) is 4.68. The van der Waals surface area contributed by atoms with E-state index in [9.17, 15) is 19.2 Å². The zero-order chi connectivity index (χ0) is 28.5. The predicted octanol–water partition coefficient (Wildman–Crippen LogP) is 4.85. The number of esters is 1. The van der Waals surface area contributed by atoms with Crippen molar-refractivity contribution in [1.29, 1.82) is 0 Å². The van der Waals surface area contributed by atoms with Gasteiger partial charge in [0.15, 0.2) is 0 Å². The fraction of sp³-hybridized carbons (Fsp3) is 0.448. The number of alkyl carbamates (subject to hydrolysis) is 1. The van der Waals surface area contributed by atoms with Gasteiger partial charge in [-0.1, -0.05) is 41.9 Å². The number of nitrogens with one attached hydrogen (secondary N) is 2. The second-order valence-corrected chi connectivity index (χ2v) is 10.4. The lowest BCUT2D eigenvalue weighted by atomic mass is 9.81. The van der Waals surface area contributed by atoms with Crippen LogP contribution in [-0.2, 0) is 25.5 Å². The highest BCUT2D eigenvalue weighted by molar-refractivity contribution is 6.33. The molecular weight excluding hydrogens is 524 g/mol. The monoisotopic (exact) mass is 558 g/mol. The maximum absolute atomic E-state index is 13.0. The highest BCUT2D eigenvalue weighted by Gasteiger charge is 2.30. The predicted molar refractivity (Wildman–Crippen MR) is 147 cm³/mol. The van der Waals surface area contributed by atoms with E-state index in [2.05, 4.69) is 10.6 Å². The van der Waals surface area contributed by atoms with Crippen LogP contribution in [0.1, 0.15) is 55.5 Å². The van der Waals surface area contributed by atoms with Gasteiger partial charge in [-0.25, -0.2) is 14.4 Å². The molecule has 1 fully saturated rings. The molecule has 2 aromatic rings. The van der Waals surface area contributed by atoms with Crippen molar-refractivity contribution in [2.24, 2.45) is 11.8 Å². The Morgan fingerprint density at radius 1 is 1.03 bits per heavy atom. The van der Waals surface area contributed by atoms with Crippen molar-refractivity contribution < 1.29 is 33.8 Å². The molecule has 0 aromatic heterocycles. The Hall–Kier alpha value is -3.59. The smallest absolute Gasteiger partial charge is 0.407 e. The number of hydrogen-bond acceptors (Lipinski definition) is 6. The van der Waals surface area contributed by atoms with Gasteiger partial charge in [-0.05, 0) is 68.7 Å². The lowest BCUT2D eigenvalue weighted by Gasteiger charge is -2.29. The molecule has 1 saturated carbocycles. The van der Waals surface area contributed by atoms with E-state index in [0.717, 1.165) is 24.0 Å². The fourth-order valence-corrected chi connectivity index (χ4v) is 4.97. The van der Waals surface area contributed by atoms with Crippen molar-refractivity contribution in [2.75, 3.05) is 13.7 Å². The van der Waals surface area contributed by atoms with E-state index in [1.54, 1.807) is 19.9 Å². The van der Waals surface area contributed by atoms with Gasteiger partial charge in [-0.2, -0.15) is 0 Å². The Morgan fingerprint density at radius 2 is 1.69 bits per heavy atom. The normalized spacial score (nSPS) is 17.7. The van der Waals surface area contributed by atoms with Gasteiger partial charge >= 0.3 is 18.0 Å². The highest BCUT2D eigenvalue weighted by atomic mass is 35.5. The number of halogens is 1. The van der Waals surface area contributed by atoms with Gasteiger partial charge in [0.1, 0.15) is 6.04 Å². The van der Waals surface area contributed by atoms with Gasteiger partial charge < -0.3 is 25.2 Å². The maximum Gasteiger partial charge on any atom is 0.407 e. The molecular formula is C29H35ClN2O7. The van der Waals surface area contributed by atoms with Gasteiger partial charge in [0.25, 0.3) is 0 Å². The van der Waals surface area contributed by atoms with Crippen LogP contribution in [0.25, 0.3) is 11.1 Å². The first kappa shape index (κ1) is 30.0. The molecule has 2 amide bonds. The molecule has 0 bridgehead atoms. The number of carboxylic acid groups (broad SMARTS) is 1. The average molecular weight is 559 g/mol. The molecule has 1 aliphatic rings. The third-order valence-electron chi connectivity index (χ3n) is 6.82. The number of methoxy groups -OCH3 is 1. The Morgan fingerprint density at radius 3 is 2.26 bits per heavy atom. The largest absolute Gasteiger partial charge is 0.478 e. The molecule has 0 heterocycles. The van der Waals surface area contributed by atoms with Crippen molar-refractivity contribution in [3.63, 3.8) is 0 Å². The SMILES string of the molecule is COC(=O)[C@H](Cc1ccc(-c2ccc(C(=O)O)cc2Cl)cc1)NC(=O)C1CCC(CNC(=O)OC(C)C)CC1. The van der Waals surface area contributed by atoms with Crippen LogP contribution in [0.4, 0.5) is 4.79 Å². The molecule has 0 radical (unpaired) electrons. The number of carbonyl (C=O) groups excluding carboxylic acids is 3. The van der Waals surface area contributed by atoms with E-state index in [0.29, 0.717) is 30.0 Å². The Bertz CT molecular complexity index is 1170. The Labute approximate surface area is 233 Å². The minimum absolute atomic E-state index is 0.105. The van der Waals surface area contributed by atoms with Gasteiger partial charge in [-0.15, -0.1) is 0 Å². The summed E-state index contributed by atoms with van der Waals surface area (Å²) in [7, 11) is 1.29. The molecule has 0 aliphatic heterocycles.